The lowest BCUT2D eigenvalue weighted by molar-refractivity contribution is 0.489. The Morgan fingerprint density at radius 3 is 2.65 bits per heavy atom. The lowest BCUT2D eigenvalue weighted by Crippen LogP contribution is -2.15. The number of rotatable bonds is 6. The summed E-state index contributed by atoms with van der Waals surface area (Å²) in [6.07, 6.45) is 3.03. The van der Waals surface area contributed by atoms with Crippen LogP contribution in [0.25, 0.3) is 0 Å². The Morgan fingerprint density at radius 2 is 2.05 bits per heavy atom. The van der Waals surface area contributed by atoms with Crippen LogP contribution in [0.3, 0.4) is 0 Å². The molecule has 0 radical (unpaired) electrons. The van der Waals surface area contributed by atoms with Gasteiger partial charge < -0.3 is 5.32 Å². The smallest absolute Gasteiger partial charge is 0.215 e. The summed E-state index contributed by atoms with van der Waals surface area (Å²) in [5.74, 6) is -0.276. The standard InChI is InChI=1S/C13H20FN5.ClH/c1-4-6-19-7-5-11(17-19)8-15-9-12-10(2)16-18(3)13(12)14;/h5,7,15H,4,6,8-9H2,1-3H3;1H. The van der Waals surface area contributed by atoms with E-state index >= 15 is 0 Å². The van der Waals surface area contributed by atoms with Crippen LogP contribution in [0, 0.1) is 12.9 Å². The van der Waals surface area contributed by atoms with E-state index in [-0.39, 0.29) is 18.4 Å². The van der Waals surface area contributed by atoms with Gasteiger partial charge in [-0.05, 0) is 19.4 Å². The largest absolute Gasteiger partial charge is 0.307 e. The third-order valence-electron chi connectivity index (χ3n) is 3.03. The molecule has 0 bridgehead atoms. The quantitative estimate of drug-likeness (QED) is 0.890. The molecule has 0 saturated carbocycles. The van der Waals surface area contributed by atoms with Crippen LogP contribution in [0.4, 0.5) is 4.39 Å². The van der Waals surface area contributed by atoms with Gasteiger partial charge in [0.05, 0.1) is 11.4 Å². The van der Waals surface area contributed by atoms with Crippen molar-refractivity contribution in [2.75, 3.05) is 0 Å². The Balaban J connectivity index is 0.00000200. The molecule has 0 aliphatic carbocycles. The summed E-state index contributed by atoms with van der Waals surface area (Å²) in [7, 11) is 1.61. The van der Waals surface area contributed by atoms with Gasteiger partial charge in [-0.2, -0.15) is 14.6 Å². The number of halogens is 2. The molecule has 0 fully saturated rings. The fourth-order valence-electron chi connectivity index (χ4n) is 2.04. The number of aryl methyl sites for hydroxylation is 3. The van der Waals surface area contributed by atoms with Crippen molar-refractivity contribution < 1.29 is 4.39 Å². The third kappa shape index (κ3) is 3.80. The summed E-state index contributed by atoms with van der Waals surface area (Å²) in [6.45, 7) is 5.95. The van der Waals surface area contributed by atoms with Crippen molar-refractivity contribution in [1.29, 1.82) is 0 Å². The van der Waals surface area contributed by atoms with E-state index in [1.807, 2.05) is 23.9 Å². The molecule has 0 atom stereocenters. The maximum absolute atomic E-state index is 13.7. The average molecular weight is 302 g/mol. The highest BCUT2D eigenvalue weighted by molar-refractivity contribution is 5.85. The lowest BCUT2D eigenvalue weighted by atomic mass is 10.2. The molecule has 20 heavy (non-hydrogen) atoms. The molecule has 0 aliphatic heterocycles. The van der Waals surface area contributed by atoms with E-state index in [1.54, 1.807) is 7.05 Å². The molecule has 0 aromatic carbocycles. The molecular weight excluding hydrogens is 281 g/mol. The van der Waals surface area contributed by atoms with Gasteiger partial charge in [0, 0.05) is 38.4 Å². The van der Waals surface area contributed by atoms with Crippen molar-refractivity contribution in [3.63, 3.8) is 0 Å². The van der Waals surface area contributed by atoms with Crippen molar-refractivity contribution in [1.82, 2.24) is 24.9 Å². The van der Waals surface area contributed by atoms with Crippen LogP contribution in [0.2, 0.25) is 0 Å². The van der Waals surface area contributed by atoms with E-state index < -0.39 is 0 Å². The molecule has 0 spiro atoms. The monoisotopic (exact) mass is 301 g/mol. The van der Waals surface area contributed by atoms with Crippen molar-refractivity contribution in [2.45, 2.75) is 39.9 Å². The van der Waals surface area contributed by atoms with Gasteiger partial charge in [-0.15, -0.1) is 12.4 Å². The summed E-state index contributed by atoms with van der Waals surface area (Å²) >= 11 is 0. The zero-order valence-corrected chi connectivity index (χ0v) is 12.9. The van der Waals surface area contributed by atoms with Crippen LogP contribution < -0.4 is 5.32 Å². The van der Waals surface area contributed by atoms with Crippen LogP contribution >= 0.6 is 12.4 Å². The van der Waals surface area contributed by atoms with Crippen LogP contribution in [0.15, 0.2) is 12.3 Å². The number of hydrogen-bond acceptors (Lipinski definition) is 3. The zero-order valence-electron chi connectivity index (χ0n) is 12.1. The molecule has 0 saturated heterocycles. The molecular formula is C13H21ClFN5. The fourth-order valence-corrected chi connectivity index (χ4v) is 2.04. The van der Waals surface area contributed by atoms with E-state index in [1.165, 1.54) is 4.68 Å². The number of aromatic nitrogens is 4. The summed E-state index contributed by atoms with van der Waals surface area (Å²) < 4.78 is 16.9. The normalized spacial score (nSPS) is 10.6. The molecule has 7 heteroatoms. The van der Waals surface area contributed by atoms with E-state index in [9.17, 15) is 4.39 Å². The van der Waals surface area contributed by atoms with Crippen LogP contribution in [-0.4, -0.2) is 19.6 Å². The summed E-state index contributed by atoms with van der Waals surface area (Å²) in [5, 5.41) is 11.7. The Morgan fingerprint density at radius 1 is 1.30 bits per heavy atom. The Labute approximate surface area is 124 Å². The molecule has 112 valence electrons. The van der Waals surface area contributed by atoms with Gasteiger partial charge in [-0.1, -0.05) is 6.92 Å². The van der Waals surface area contributed by atoms with Gasteiger partial charge in [0.25, 0.3) is 0 Å². The second-order valence-electron chi connectivity index (χ2n) is 4.65. The minimum absolute atomic E-state index is 0. The maximum Gasteiger partial charge on any atom is 0.215 e. The van der Waals surface area contributed by atoms with Gasteiger partial charge in [0.15, 0.2) is 0 Å². The first-order valence-electron chi connectivity index (χ1n) is 6.52. The highest BCUT2D eigenvalue weighted by Gasteiger charge is 2.12. The zero-order chi connectivity index (χ0) is 13.8. The van der Waals surface area contributed by atoms with Crippen LogP contribution in [0.5, 0.6) is 0 Å². The molecule has 2 aromatic heterocycles. The average Bonchev–Trinajstić information content (AvgIpc) is 2.90. The van der Waals surface area contributed by atoms with Gasteiger partial charge in [-0.3, -0.25) is 4.68 Å². The maximum atomic E-state index is 13.7. The minimum Gasteiger partial charge on any atom is -0.307 e. The van der Waals surface area contributed by atoms with Crippen LogP contribution in [-0.2, 0) is 26.7 Å². The Hall–Kier alpha value is -1.40. The minimum atomic E-state index is -0.276. The van der Waals surface area contributed by atoms with Gasteiger partial charge in [-0.25, -0.2) is 4.68 Å². The first-order chi connectivity index (χ1) is 9.11. The molecule has 5 nitrogen and oxygen atoms in total. The topological polar surface area (TPSA) is 47.7 Å². The van der Waals surface area contributed by atoms with Crippen molar-refractivity contribution >= 4 is 12.4 Å². The molecule has 1 N–H and O–H groups in total. The number of nitrogens with one attached hydrogen (secondary N) is 1. The molecule has 0 amide bonds. The van der Waals surface area contributed by atoms with Crippen molar-refractivity contribution in [3.8, 4) is 0 Å². The molecule has 2 aromatic rings. The Kier molecular flexibility index (Phi) is 6.16. The van der Waals surface area contributed by atoms with Gasteiger partial charge in [0.1, 0.15) is 0 Å². The van der Waals surface area contributed by atoms with Crippen molar-refractivity contribution in [3.05, 3.63) is 35.2 Å². The predicted molar refractivity (Wildman–Crippen MR) is 78.2 cm³/mol. The first kappa shape index (κ1) is 16.7. The fraction of sp³-hybridized carbons (Fsp3) is 0.538. The van der Waals surface area contributed by atoms with Crippen molar-refractivity contribution in [2.24, 2.45) is 7.05 Å². The highest BCUT2D eigenvalue weighted by atomic mass is 35.5. The second-order valence-corrected chi connectivity index (χ2v) is 4.65. The highest BCUT2D eigenvalue weighted by Crippen LogP contribution is 2.10. The number of nitrogens with zero attached hydrogens (tertiary/aromatic N) is 4. The van der Waals surface area contributed by atoms with E-state index in [4.69, 9.17) is 0 Å². The van der Waals surface area contributed by atoms with E-state index in [0.29, 0.717) is 18.7 Å². The molecule has 2 heterocycles. The Bertz CT molecular complexity index is 549. The first-order valence-corrected chi connectivity index (χ1v) is 6.52. The molecule has 2 rings (SSSR count). The summed E-state index contributed by atoms with van der Waals surface area (Å²) in [6, 6.07) is 1.98. The third-order valence-corrected chi connectivity index (χ3v) is 3.03. The van der Waals surface area contributed by atoms with E-state index in [0.717, 1.165) is 24.4 Å². The summed E-state index contributed by atoms with van der Waals surface area (Å²) in [5.41, 5.74) is 2.31. The van der Waals surface area contributed by atoms with Crippen LogP contribution in [0.1, 0.15) is 30.3 Å². The number of hydrogen-bond donors (Lipinski definition) is 1. The second kappa shape index (κ2) is 7.40. The molecule has 0 aliphatic rings. The van der Waals surface area contributed by atoms with Gasteiger partial charge >= 0.3 is 0 Å². The molecule has 0 unspecified atom stereocenters. The van der Waals surface area contributed by atoms with Gasteiger partial charge in [0.2, 0.25) is 5.95 Å². The SMILES string of the molecule is CCCn1ccc(CNCc2c(C)nn(C)c2F)n1.Cl. The predicted octanol–water partition coefficient (Wildman–Crippen LogP) is 2.19. The van der Waals surface area contributed by atoms with E-state index in [2.05, 4.69) is 22.4 Å². The summed E-state index contributed by atoms with van der Waals surface area (Å²) in [4.78, 5) is 0. The lowest BCUT2D eigenvalue weighted by Gasteiger charge is -2.02.